The summed E-state index contributed by atoms with van der Waals surface area (Å²) >= 11 is 6.36. The topological polar surface area (TPSA) is 73.4 Å². The molecule has 0 aromatic heterocycles. The molecule has 178 valence electrons. The lowest BCUT2D eigenvalue weighted by atomic mass is 9.62. The zero-order valence-electron chi connectivity index (χ0n) is 19.3. The van der Waals surface area contributed by atoms with Crippen LogP contribution in [0.1, 0.15) is 67.0 Å². The summed E-state index contributed by atoms with van der Waals surface area (Å²) in [5.74, 6) is 0.762. The van der Waals surface area contributed by atoms with Crippen molar-refractivity contribution in [1.29, 1.82) is 0 Å². The first-order valence-electron chi connectivity index (χ1n) is 12.3. The van der Waals surface area contributed by atoms with Crippen LogP contribution in [0, 0.1) is 11.3 Å². The van der Waals surface area contributed by atoms with Crippen molar-refractivity contribution in [3.8, 4) is 0 Å². The SMILES string of the molecule is O=C(NCC12CCCC(CCC1)C2)c1cc(NCCNCC(O)c2ccccc2)ccc1Cl. The van der Waals surface area contributed by atoms with Crippen molar-refractivity contribution in [2.75, 3.05) is 31.5 Å². The number of carbonyl (C=O) groups excluding carboxylic acids is 1. The molecular formula is C27H36ClN3O2. The van der Waals surface area contributed by atoms with Gasteiger partial charge in [-0.2, -0.15) is 0 Å². The van der Waals surface area contributed by atoms with Crippen molar-refractivity contribution in [3.05, 3.63) is 64.7 Å². The van der Waals surface area contributed by atoms with Crippen LogP contribution in [0.2, 0.25) is 5.02 Å². The number of aliphatic hydroxyl groups is 1. The number of anilines is 1. The molecule has 0 aliphatic heterocycles. The summed E-state index contributed by atoms with van der Waals surface area (Å²) < 4.78 is 0. The smallest absolute Gasteiger partial charge is 0.252 e. The van der Waals surface area contributed by atoms with E-state index in [2.05, 4.69) is 16.0 Å². The van der Waals surface area contributed by atoms with Crippen LogP contribution in [-0.2, 0) is 0 Å². The number of amides is 1. The van der Waals surface area contributed by atoms with Crippen LogP contribution in [0.15, 0.2) is 48.5 Å². The quantitative estimate of drug-likeness (QED) is 0.362. The molecule has 2 bridgehead atoms. The number of aliphatic hydroxyl groups excluding tert-OH is 1. The highest BCUT2D eigenvalue weighted by atomic mass is 35.5. The van der Waals surface area contributed by atoms with Gasteiger partial charge in [-0.15, -0.1) is 0 Å². The number of hydrogen-bond acceptors (Lipinski definition) is 4. The van der Waals surface area contributed by atoms with Crippen LogP contribution >= 0.6 is 11.6 Å². The fourth-order valence-electron chi connectivity index (χ4n) is 5.57. The summed E-state index contributed by atoms with van der Waals surface area (Å²) in [6.45, 7) is 2.61. The van der Waals surface area contributed by atoms with Gasteiger partial charge in [0.2, 0.25) is 0 Å². The van der Waals surface area contributed by atoms with Crippen molar-refractivity contribution >= 4 is 23.2 Å². The molecule has 2 aliphatic carbocycles. The lowest BCUT2D eigenvalue weighted by molar-refractivity contribution is 0.0682. The van der Waals surface area contributed by atoms with Gasteiger partial charge in [-0.25, -0.2) is 0 Å². The second kappa shape index (κ2) is 11.4. The summed E-state index contributed by atoms with van der Waals surface area (Å²) in [6.07, 6.45) is 8.48. The van der Waals surface area contributed by atoms with E-state index in [0.717, 1.165) is 23.7 Å². The number of rotatable bonds is 10. The monoisotopic (exact) mass is 469 g/mol. The maximum Gasteiger partial charge on any atom is 0.252 e. The average Bonchev–Trinajstić information content (AvgIpc) is 2.84. The largest absolute Gasteiger partial charge is 0.387 e. The van der Waals surface area contributed by atoms with E-state index in [4.69, 9.17) is 11.6 Å². The molecule has 0 heterocycles. The van der Waals surface area contributed by atoms with Crippen LogP contribution in [0.25, 0.3) is 0 Å². The Kier molecular flexibility index (Phi) is 8.29. The second-order valence-electron chi connectivity index (χ2n) is 9.79. The Morgan fingerprint density at radius 2 is 1.85 bits per heavy atom. The van der Waals surface area contributed by atoms with Gasteiger partial charge in [0.05, 0.1) is 16.7 Å². The van der Waals surface area contributed by atoms with Crippen molar-refractivity contribution in [2.45, 2.75) is 51.0 Å². The summed E-state index contributed by atoms with van der Waals surface area (Å²) in [6, 6.07) is 15.1. The van der Waals surface area contributed by atoms with Crippen LogP contribution in [0.5, 0.6) is 0 Å². The molecule has 0 radical (unpaired) electrons. The minimum Gasteiger partial charge on any atom is -0.387 e. The molecular weight excluding hydrogens is 434 g/mol. The molecule has 1 unspecified atom stereocenters. The van der Waals surface area contributed by atoms with Crippen molar-refractivity contribution < 1.29 is 9.90 Å². The highest BCUT2D eigenvalue weighted by Gasteiger charge is 2.39. The fourth-order valence-corrected chi connectivity index (χ4v) is 5.77. The van der Waals surface area contributed by atoms with E-state index in [9.17, 15) is 9.90 Å². The number of benzene rings is 2. The zero-order valence-corrected chi connectivity index (χ0v) is 20.0. The van der Waals surface area contributed by atoms with Gasteiger partial charge in [0, 0.05) is 31.9 Å². The van der Waals surface area contributed by atoms with Crippen molar-refractivity contribution in [3.63, 3.8) is 0 Å². The number of carbonyl (C=O) groups is 1. The molecule has 1 amide bonds. The van der Waals surface area contributed by atoms with Gasteiger partial charge in [-0.3, -0.25) is 4.79 Å². The van der Waals surface area contributed by atoms with Crippen molar-refractivity contribution in [2.24, 2.45) is 11.3 Å². The first-order chi connectivity index (χ1) is 16.0. The number of halogens is 1. The molecule has 2 fully saturated rings. The third kappa shape index (κ3) is 6.50. The van der Waals surface area contributed by atoms with Gasteiger partial charge in [0.25, 0.3) is 5.91 Å². The number of hydrogen-bond donors (Lipinski definition) is 4. The Labute approximate surface area is 202 Å². The van der Waals surface area contributed by atoms with E-state index in [1.165, 1.54) is 44.9 Å². The predicted octanol–water partition coefficient (Wildman–Crippen LogP) is 5.17. The third-order valence-corrected chi connectivity index (χ3v) is 7.68. The molecule has 2 aromatic rings. The molecule has 4 N–H and O–H groups in total. The third-order valence-electron chi connectivity index (χ3n) is 7.35. The highest BCUT2D eigenvalue weighted by molar-refractivity contribution is 6.34. The van der Waals surface area contributed by atoms with E-state index < -0.39 is 6.10 Å². The molecule has 33 heavy (non-hydrogen) atoms. The molecule has 2 saturated carbocycles. The fraction of sp³-hybridized carbons (Fsp3) is 0.519. The molecule has 0 spiro atoms. The minimum atomic E-state index is -0.528. The Bertz CT molecular complexity index is 911. The Morgan fingerprint density at radius 1 is 1.09 bits per heavy atom. The van der Waals surface area contributed by atoms with Crippen LogP contribution < -0.4 is 16.0 Å². The maximum atomic E-state index is 12.9. The minimum absolute atomic E-state index is 0.0881. The van der Waals surface area contributed by atoms with E-state index >= 15 is 0 Å². The van der Waals surface area contributed by atoms with Gasteiger partial charge < -0.3 is 21.1 Å². The van der Waals surface area contributed by atoms with Crippen LogP contribution in [-0.4, -0.2) is 37.2 Å². The van der Waals surface area contributed by atoms with Gasteiger partial charge in [-0.05, 0) is 54.4 Å². The summed E-state index contributed by atoms with van der Waals surface area (Å²) in [5, 5.41) is 20.5. The Morgan fingerprint density at radius 3 is 2.61 bits per heavy atom. The van der Waals surface area contributed by atoms with Crippen LogP contribution in [0.4, 0.5) is 5.69 Å². The first kappa shape index (κ1) is 24.1. The summed E-state index contributed by atoms with van der Waals surface area (Å²) in [5.41, 5.74) is 2.58. The van der Waals surface area contributed by atoms with Gasteiger partial charge >= 0.3 is 0 Å². The highest BCUT2D eigenvalue weighted by Crippen LogP contribution is 2.48. The molecule has 2 aromatic carbocycles. The number of nitrogens with one attached hydrogen (secondary N) is 3. The molecule has 1 atom stereocenters. The predicted molar refractivity (Wildman–Crippen MR) is 135 cm³/mol. The molecule has 0 saturated heterocycles. The molecule has 5 nitrogen and oxygen atoms in total. The number of fused-ring (bicyclic) bond motifs is 2. The van der Waals surface area contributed by atoms with Crippen LogP contribution in [0.3, 0.4) is 0 Å². The second-order valence-corrected chi connectivity index (χ2v) is 10.2. The van der Waals surface area contributed by atoms with E-state index in [-0.39, 0.29) is 11.3 Å². The van der Waals surface area contributed by atoms with E-state index in [1.54, 1.807) is 6.07 Å². The lowest BCUT2D eigenvalue weighted by Gasteiger charge is -2.45. The van der Waals surface area contributed by atoms with Crippen molar-refractivity contribution in [1.82, 2.24) is 10.6 Å². The maximum absolute atomic E-state index is 12.9. The Hall–Kier alpha value is -2.08. The van der Waals surface area contributed by atoms with E-state index in [1.807, 2.05) is 42.5 Å². The summed E-state index contributed by atoms with van der Waals surface area (Å²) in [4.78, 5) is 12.9. The molecule has 2 aliphatic rings. The summed E-state index contributed by atoms with van der Waals surface area (Å²) in [7, 11) is 0. The first-order valence-corrected chi connectivity index (χ1v) is 12.7. The average molecular weight is 470 g/mol. The molecule has 6 heteroatoms. The van der Waals surface area contributed by atoms with Gasteiger partial charge in [0.1, 0.15) is 0 Å². The molecule has 4 rings (SSSR count). The lowest BCUT2D eigenvalue weighted by Crippen LogP contribution is -2.43. The zero-order chi connectivity index (χ0) is 23.1. The van der Waals surface area contributed by atoms with Gasteiger partial charge in [-0.1, -0.05) is 67.6 Å². The Balaban J connectivity index is 1.23. The van der Waals surface area contributed by atoms with E-state index in [0.29, 0.717) is 30.2 Å². The van der Waals surface area contributed by atoms with Gasteiger partial charge in [0.15, 0.2) is 0 Å². The normalized spacial score (nSPS) is 23.0. The standard InChI is InChI=1S/C27H36ClN3O2/c28-24-11-10-22(30-15-14-29-18-25(32)21-8-2-1-3-9-21)16-23(24)26(33)31-19-27-12-4-6-20(17-27)7-5-13-27/h1-3,8-11,16,20,25,29-30,32H,4-7,12-15,17-19H2,(H,31,33).